The fraction of sp³-hybridized carbons (Fsp3) is 0.661. The molecule has 4 aliphatic rings. The highest BCUT2D eigenvalue weighted by Crippen LogP contribution is 2.38. The van der Waals surface area contributed by atoms with Crippen LogP contribution in [0.25, 0.3) is 0 Å². The third-order valence-electron chi connectivity index (χ3n) is 16.3. The molecule has 1 aromatic carbocycles. The lowest BCUT2D eigenvalue weighted by Gasteiger charge is -2.42. The molecule has 19 heteroatoms. The van der Waals surface area contributed by atoms with Gasteiger partial charge in [0.05, 0.1) is 23.2 Å². The van der Waals surface area contributed by atoms with Crippen molar-refractivity contribution in [2.24, 2.45) is 35.5 Å². The number of nitro groups is 1. The third kappa shape index (κ3) is 17.0. The van der Waals surface area contributed by atoms with E-state index in [1.54, 1.807) is 34.0 Å². The van der Waals surface area contributed by atoms with Gasteiger partial charge in [-0.05, 0) is 126 Å². The Morgan fingerprint density at radius 3 is 2.24 bits per heavy atom. The lowest BCUT2D eigenvalue weighted by molar-refractivity contribution is -0.384. The number of hydrogen-bond donors (Lipinski definition) is 2. The van der Waals surface area contributed by atoms with Gasteiger partial charge >= 0.3 is 12.1 Å². The average Bonchev–Trinajstić information content (AvgIpc) is 3.44. The second-order valence-corrected chi connectivity index (χ2v) is 22.1. The molecule has 0 radical (unpaired) electrons. The number of carbonyl (C=O) groups is 6. The number of Topliss-reactive ketones (excluding diaryl/α,β-unsaturated/α-hetero) is 3. The van der Waals surface area contributed by atoms with E-state index in [-0.39, 0.29) is 54.2 Å². The molecule has 2 bridgehead atoms. The number of fused-ring (bicyclic) bond motifs is 3. The van der Waals surface area contributed by atoms with Gasteiger partial charge in [0.1, 0.15) is 42.0 Å². The zero-order valence-corrected chi connectivity index (χ0v) is 47.2. The Balaban J connectivity index is 1.41. The Hall–Kier alpha value is -5.44. The Morgan fingerprint density at radius 2 is 1.58 bits per heavy atom. The molecule has 432 valence electrons. The Labute approximate surface area is 459 Å². The average molecular weight is 1090 g/mol. The zero-order chi connectivity index (χ0) is 57.4. The second kappa shape index (κ2) is 29.7. The van der Waals surface area contributed by atoms with Crippen molar-refractivity contribution in [3.8, 4) is 5.75 Å². The maximum absolute atomic E-state index is 14.6. The van der Waals surface area contributed by atoms with E-state index >= 15 is 0 Å². The number of non-ortho nitro benzene ring substituents is 1. The van der Waals surface area contributed by atoms with Crippen LogP contribution >= 0.6 is 0 Å². The van der Waals surface area contributed by atoms with Crippen LogP contribution in [0.5, 0.6) is 5.75 Å². The predicted octanol–water partition coefficient (Wildman–Crippen LogP) is 8.70. The van der Waals surface area contributed by atoms with Crippen molar-refractivity contribution < 1.29 is 77.1 Å². The van der Waals surface area contributed by atoms with Gasteiger partial charge in [0.25, 0.3) is 17.4 Å². The van der Waals surface area contributed by atoms with Crippen molar-refractivity contribution in [3.05, 3.63) is 82.0 Å². The van der Waals surface area contributed by atoms with Gasteiger partial charge in [-0.3, -0.25) is 29.3 Å². The number of ketones is 3. The number of allylic oxidation sites excluding steroid dienone is 6. The number of aliphatic hydroxyl groups is 2. The van der Waals surface area contributed by atoms with E-state index < -0.39 is 107 Å². The summed E-state index contributed by atoms with van der Waals surface area (Å²) in [5.41, 5.74) is 1.05. The number of nitro benzene ring substituents is 1. The summed E-state index contributed by atoms with van der Waals surface area (Å²) in [6.07, 6.45) is 9.44. The molecule has 3 aliphatic heterocycles. The van der Waals surface area contributed by atoms with E-state index in [1.807, 2.05) is 51.2 Å². The molecule has 15 atom stereocenters. The minimum Gasteiger partial charge on any atom is -0.460 e. The number of carbonyl (C=O) groups excluding carboxylic acids is 6. The summed E-state index contributed by atoms with van der Waals surface area (Å²) < 4.78 is 40.7. The Bertz CT molecular complexity index is 2360. The van der Waals surface area contributed by atoms with E-state index in [2.05, 4.69) is 6.92 Å². The number of rotatable bonds is 9. The fourth-order valence-corrected chi connectivity index (χ4v) is 11.1. The molecule has 1 aromatic rings. The van der Waals surface area contributed by atoms with Crippen LogP contribution in [0, 0.1) is 45.6 Å². The number of hydrogen-bond acceptors (Lipinski definition) is 17. The molecule has 2 unspecified atom stereocenters. The number of ether oxygens (including phenoxy) is 7. The molecule has 0 spiro atoms. The zero-order valence-electron chi connectivity index (χ0n) is 47.2. The first-order valence-corrected chi connectivity index (χ1v) is 27.6. The predicted molar refractivity (Wildman–Crippen MR) is 288 cm³/mol. The van der Waals surface area contributed by atoms with Crippen molar-refractivity contribution in [1.82, 2.24) is 4.90 Å². The summed E-state index contributed by atoms with van der Waals surface area (Å²) >= 11 is 0. The Kier molecular flexibility index (Phi) is 24.1. The highest BCUT2D eigenvalue weighted by Gasteiger charge is 2.53. The maximum atomic E-state index is 14.6. The smallest absolute Gasteiger partial charge is 0.460 e. The number of piperidine rings is 1. The molecule has 2 saturated heterocycles. The van der Waals surface area contributed by atoms with Crippen LogP contribution in [0.4, 0.5) is 10.5 Å². The summed E-state index contributed by atoms with van der Waals surface area (Å²) in [5.74, 6) is -8.49. The largest absolute Gasteiger partial charge is 0.514 e. The van der Waals surface area contributed by atoms with Crippen LogP contribution in [0.15, 0.2) is 71.9 Å². The summed E-state index contributed by atoms with van der Waals surface area (Å²) in [6, 6.07) is 3.77. The van der Waals surface area contributed by atoms with Gasteiger partial charge in [-0.1, -0.05) is 71.1 Å². The molecule has 3 fully saturated rings. The molecule has 3 heterocycles. The number of nitrogens with zero attached hydrogens (tertiary/aromatic N) is 2. The number of amides is 1. The van der Waals surface area contributed by atoms with E-state index in [0.717, 1.165) is 10.5 Å². The van der Waals surface area contributed by atoms with E-state index in [1.165, 1.54) is 38.5 Å². The highest BCUT2D eigenvalue weighted by molar-refractivity contribution is 6.39. The quantitative estimate of drug-likeness (QED) is 0.0585. The van der Waals surface area contributed by atoms with Crippen LogP contribution in [0.2, 0.25) is 0 Å². The van der Waals surface area contributed by atoms with Crippen molar-refractivity contribution in [1.29, 1.82) is 0 Å². The minimum absolute atomic E-state index is 0.0348. The van der Waals surface area contributed by atoms with Crippen molar-refractivity contribution >= 4 is 41.1 Å². The summed E-state index contributed by atoms with van der Waals surface area (Å²) in [7, 11) is 4.42. The number of esters is 1. The van der Waals surface area contributed by atoms with E-state index in [9.17, 15) is 49.1 Å². The summed E-state index contributed by atoms with van der Waals surface area (Å²) in [4.78, 5) is 96.0. The van der Waals surface area contributed by atoms with Gasteiger partial charge < -0.3 is 48.3 Å². The normalized spacial score (nSPS) is 35.6. The van der Waals surface area contributed by atoms with Crippen LogP contribution in [0.3, 0.4) is 0 Å². The number of aliphatic hydroxyl groups excluding tert-OH is 1. The van der Waals surface area contributed by atoms with E-state index in [4.69, 9.17) is 33.2 Å². The lowest BCUT2D eigenvalue weighted by Crippen LogP contribution is -2.61. The van der Waals surface area contributed by atoms with E-state index in [0.29, 0.717) is 76.2 Å². The number of benzene rings is 1. The van der Waals surface area contributed by atoms with Crippen LogP contribution in [-0.4, -0.2) is 138 Å². The van der Waals surface area contributed by atoms with Gasteiger partial charge in [-0.2, -0.15) is 0 Å². The SMILES string of the molecule is CO[C@H]1CC2CC[C@@H](C)C(O)(O2)C(=O)C(=O)N2CCCC[C@H]2C(=O)O[C@H]([C@H](C)C[C@@H]2CC[C@@H](OC(=O)Oc3ccc([N+](=O)[O-])cc3)[C@H](OC)C2)CC(=O)[C@H](C)/C=C(\C)[C@@H](O)[C@@H](OC)C(=O)[C@H](C)CC[C@H](C)/C=C/C=C/C=C/1C. The maximum Gasteiger partial charge on any atom is 0.514 e. The van der Waals surface area contributed by atoms with Gasteiger partial charge in [0.15, 0.2) is 5.78 Å². The van der Waals surface area contributed by atoms with Crippen LogP contribution in [-0.2, 0) is 52.4 Å². The molecule has 5 rings (SSSR count). The van der Waals surface area contributed by atoms with Gasteiger partial charge in [0.2, 0.25) is 5.79 Å². The molecule has 0 aromatic heterocycles. The number of methoxy groups -OCH3 is 3. The molecule has 78 heavy (non-hydrogen) atoms. The second-order valence-electron chi connectivity index (χ2n) is 22.1. The Morgan fingerprint density at radius 1 is 0.859 bits per heavy atom. The standard InChI is InChI=1S/C59H84N2O17/c1-35-16-12-11-13-17-36(2)49(72-8)33-45-25-21-41(7)59(69,78-45)55(65)56(66)60-29-15-14-18-46(60)57(67)76-50(34-47(62)38(4)30-40(6)53(64)54(74-10)52(63)37(3)20-19-35)39(5)31-42-22-28-48(51(32-42)73-9)77-58(68)75-44-26-23-43(24-27-44)61(70)71/h11-13,16-17,23-24,26-27,30,35,37-39,41-42,45-46,48-51,53-54,64,69H,14-15,18-22,25,28-29,31-34H2,1-10H3/b13-11+,16-12+,36-17+,40-30+/t35-,37-,38-,39-,41-,42+,45?,46+,48-,49+,50+,51-,53-,54+,59?/m1/s1. The third-order valence-corrected chi connectivity index (χ3v) is 16.3. The number of cyclic esters (lactones) is 1. The molecule has 1 saturated carbocycles. The molecule has 1 amide bonds. The minimum atomic E-state index is -2.48. The first-order valence-electron chi connectivity index (χ1n) is 27.6. The lowest BCUT2D eigenvalue weighted by atomic mass is 9.78. The summed E-state index contributed by atoms with van der Waals surface area (Å²) in [5, 5.41) is 34.6. The van der Waals surface area contributed by atoms with Gasteiger partial charge in [-0.15, -0.1) is 0 Å². The van der Waals surface area contributed by atoms with Gasteiger partial charge in [-0.25, -0.2) is 9.59 Å². The monoisotopic (exact) mass is 1090 g/mol. The molecular formula is C59H84N2O17. The molecule has 19 nitrogen and oxygen atoms in total. The van der Waals surface area contributed by atoms with Crippen LogP contribution < -0.4 is 4.74 Å². The molecule has 1 aliphatic carbocycles. The molecule has 2 N–H and O–H groups in total. The summed E-state index contributed by atoms with van der Waals surface area (Å²) in [6.45, 7) is 12.6. The fourth-order valence-electron chi connectivity index (χ4n) is 11.1. The first kappa shape index (κ1) is 63.4. The van der Waals surface area contributed by atoms with Crippen molar-refractivity contribution in [2.45, 2.75) is 186 Å². The molecular weight excluding hydrogens is 1010 g/mol. The topological polar surface area (TPSA) is 254 Å². The van der Waals surface area contributed by atoms with Crippen LogP contribution in [0.1, 0.15) is 132 Å². The first-order chi connectivity index (χ1) is 37.0. The van der Waals surface area contributed by atoms with Crippen molar-refractivity contribution in [3.63, 3.8) is 0 Å². The van der Waals surface area contributed by atoms with Gasteiger partial charge in [0, 0.05) is 70.6 Å². The van der Waals surface area contributed by atoms with Crippen molar-refractivity contribution in [2.75, 3.05) is 27.9 Å². The highest BCUT2D eigenvalue weighted by atomic mass is 16.7.